The van der Waals surface area contributed by atoms with E-state index in [1.165, 1.54) is 5.06 Å². The molecule has 8 heteroatoms. The van der Waals surface area contributed by atoms with Gasteiger partial charge in [0, 0.05) is 26.2 Å². The molecule has 3 fully saturated rings. The van der Waals surface area contributed by atoms with Gasteiger partial charge in [-0.3, -0.25) is 15.0 Å². The number of carbonyl (C=O) groups is 2. The Labute approximate surface area is 170 Å². The second kappa shape index (κ2) is 8.92. The molecule has 156 valence electrons. The molecule has 0 aromatic heterocycles. The van der Waals surface area contributed by atoms with Crippen molar-refractivity contribution in [3.63, 3.8) is 0 Å². The highest BCUT2D eigenvalue weighted by Gasteiger charge is 2.47. The van der Waals surface area contributed by atoms with E-state index in [0.29, 0.717) is 45.1 Å². The van der Waals surface area contributed by atoms with E-state index in [1.807, 2.05) is 30.3 Å². The van der Waals surface area contributed by atoms with Crippen LogP contribution in [0.3, 0.4) is 0 Å². The maximum atomic E-state index is 12.8. The Bertz CT molecular complexity index is 750. The molecule has 1 aromatic rings. The third kappa shape index (κ3) is 4.59. The lowest BCUT2D eigenvalue weighted by Gasteiger charge is -2.31. The van der Waals surface area contributed by atoms with E-state index in [9.17, 15) is 9.59 Å². The van der Waals surface area contributed by atoms with Crippen LogP contribution in [-0.4, -0.2) is 59.6 Å². The van der Waals surface area contributed by atoms with Crippen LogP contribution >= 0.6 is 0 Å². The van der Waals surface area contributed by atoms with Crippen molar-refractivity contribution in [1.29, 1.82) is 5.41 Å². The fourth-order valence-electron chi connectivity index (χ4n) is 4.31. The van der Waals surface area contributed by atoms with Gasteiger partial charge in [-0.2, -0.15) is 5.06 Å². The SMILES string of the molecule is N=C(NC(=O)CC1CCOCC1)[C@@H]1CC[C@@H]2CN1C(=O)N2OCc1ccccc1. The first-order valence-corrected chi connectivity index (χ1v) is 10.3. The van der Waals surface area contributed by atoms with Crippen LogP contribution in [-0.2, 0) is 21.0 Å². The maximum absolute atomic E-state index is 12.8. The Kier molecular flexibility index (Phi) is 6.10. The van der Waals surface area contributed by atoms with E-state index in [0.717, 1.165) is 24.8 Å². The molecule has 3 amide bonds. The molecule has 2 N–H and O–H groups in total. The highest BCUT2D eigenvalue weighted by molar-refractivity contribution is 6.01. The minimum Gasteiger partial charge on any atom is -0.381 e. The lowest BCUT2D eigenvalue weighted by Crippen LogP contribution is -2.51. The van der Waals surface area contributed by atoms with E-state index in [2.05, 4.69) is 5.32 Å². The molecule has 0 saturated carbocycles. The fourth-order valence-corrected chi connectivity index (χ4v) is 4.31. The molecule has 3 aliphatic rings. The number of rotatable bonds is 6. The van der Waals surface area contributed by atoms with E-state index >= 15 is 0 Å². The average molecular weight is 400 g/mol. The number of piperidine rings is 1. The molecule has 3 saturated heterocycles. The zero-order chi connectivity index (χ0) is 20.2. The number of ether oxygens (including phenoxy) is 1. The number of nitrogens with zero attached hydrogens (tertiary/aromatic N) is 2. The first-order valence-electron chi connectivity index (χ1n) is 10.3. The molecule has 3 aliphatic heterocycles. The van der Waals surface area contributed by atoms with Crippen molar-refractivity contribution in [2.75, 3.05) is 19.8 Å². The normalized spacial score (nSPS) is 24.6. The summed E-state index contributed by atoms with van der Waals surface area (Å²) < 4.78 is 5.33. The summed E-state index contributed by atoms with van der Waals surface area (Å²) in [6, 6.07) is 9.10. The monoisotopic (exact) mass is 400 g/mol. The quantitative estimate of drug-likeness (QED) is 0.566. The number of hydroxylamine groups is 2. The second-order valence-corrected chi connectivity index (χ2v) is 7.99. The summed E-state index contributed by atoms with van der Waals surface area (Å²) in [5, 5.41) is 12.5. The van der Waals surface area contributed by atoms with Crippen LogP contribution < -0.4 is 5.32 Å². The number of benzene rings is 1. The molecule has 1 aromatic carbocycles. The summed E-state index contributed by atoms with van der Waals surface area (Å²) in [6.45, 7) is 2.25. The molecule has 29 heavy (non-hydrogen) atoms. The molecule has 2 bridgehead atoms. The lowest BCUT2D eigenvalue weighted by atomic mass is 9.96. The standard InChI is InChI=1S/C21H28N4O4/c22-20(23-19(26)12-15-8-10-28-11-9-15)18-7-6-17-13-24(18)21(27)25(17)29-14-16-4-2-1-3-5-16/h1-5,15,17-18H,6-14H2,(H2,22,23,26)/t17-,18+/m1/s1. The minimum atomic E-state index is -0.400. The Morgan fingerprint density at radius 2 is 1.93 bits per heavy atom. The number of carbonyl (C=O) groups excluding carboxylic acids is 2. The smallest absolute Gasteiger partial charge is 0.344 e. The zero-order valence-corrected chi connectivity index (χ0v) is 16.5. The van der Waals surface area contributed by atoms with E-state index < -0.39 is 6.04 Å². The average Bonchev–Trinajstić information content (AvgIpc) is 2.97. The van der Waals surface area contributed by atoms with Gasteiger partial charge in [-0.05, 0) is 37.2 Å². The third-order valence-electron chi connectivity index (χ3n) is 5.96. The molecule has 3 heterocycles. The third-order valence-corrected chi connectivity index (χ3v) is 5.96. The summed E-state index contributed by atoms with van der Waals surface area (Å²) >= 11 is 0. The van der Waals surface area contributed by atoms with Gasteiger partial charge in [0.05, 0.1) is 12.1 Å². The van der Waals surface area contributed by atoms with Gasteiger partial charge < -0.3 is 15.0 Å². The molecule has 0 aliphatic carbocycles. The molecule has 4 rings (SSSR count). The summed E-state index contributed by atoms with van der Waals surface area (Å²) in [6.07, 6.45) is 3.56. The Morgan fingerprint density at radius 1 is 1.17 bits per heavy atom. The van der Waals surface area contributed by atoms with E-state index in [-0.39, 0.29) is 23.8 Å². The molecular formula is C21H28N4O4. The van der Waals surface area contributed by atoms with Crippen LogP contribution in [0, 0.1) is 11.3 Å². The predicted molar refractivity (Wildman–Crippen MR) is 106 cm³/mol. The van der Waals surface area contributed by atoms with Crippen molar-refractivity contribution in [1.82, 2.24) is 15.3 Å². The van der Waals surface area contributed by atoms with Crippen LogP contribution in [0.15, 0.2) is 30.3 Å². The second-order valence-electron chi connectivity index (χ2n) is 7.99. The minimum absolute atomic E-state index is 0.00629. The van der Waals surface area contributed by atoms with Crippen molar-refractivity contribution in [3.05, 3.63) is 35.9 Å². The van der Waals surface area contributed by atoms with Gasteiger partial charge in [-0.1, -0.05) is 30.3 Å². The van der Waals surface area contributed by atoms with Crippen LogP contribution in [0.5, 0.6) is 0 Å². The largest absolute Gasteiger partial charge is 0.381 e. The molecule has 0 radical (unpaired) electrons. The number of urea groups is 1. The van der Waals surface area contributed by atoms with Crippen molar-refractivity contribution in [3.8, 4) is 0 Å². The summed E-state index contributed by atoms with van der Waals surface area (Å²) in [5.41, 5.74) is 1.00. The summed E-state index contributed by atoms with van der Waals surface area (Å²) in [5.74, 6) is 0.272. The van der Waals surface area contributed by atoms with Gasteiger partial charge in [-0.15, -0.1) is 0 Å². The highest BCUT2D eigenvalue weighted by atomic mass is 16.7. The van der Waals surface area contributed by atoms with E-state index in [1.54, 1.807) is 4.90 Å². The molecule has 2 atom stereocenters. The number of amidine groups is 1. The predicted octanol–water partition coefficient (Wildman–Crippen LogP) is 2.30. The van der Waals surface area contributed by atoms with Crippen molar-refractivity contribution in [2.45, 2.75) is 50.8 Å². The van der Waals surface area contributed by atoms with Crippen LogP contribution in [0.2, 0.25) is 0 Å². The number of amides is 3. The topological polar surface area (TPSA) is 95.0 Å². The number of hydrogen-bond acceptors (Lipinski definition) is 5. The van der Waals surface area contributed by atoms with Crippen molar-refractivity contribution < 1.29 is 19.2 Å². The number of hydrogen-bond donors (Lipinski definition) is 2. The first kappa shape index (κ1) is 19.8. The van der Waals surface area contributed by atoms with Gasteiger partial charge in [0.1, 0.15) is 12.4 Å². The maximum Gasteiger partial charge on any atom is 0.344 e. The number of nitrogens with one attached hydrogen (secondary N) is 2. The van der Waals surface area contributed by atoms with Crippen LogP contribution in [0.25, 0.3) is 0 Å². The van der Waals surface area contributed by atoms with Gasteiger partial charge >= 0.3 is 6.03 Å². The van der Waals surface area contributed by atoms with Crippen LogP contribution in [0.1, 0.15) is 37.7 Å². The molecule has 0 spiro atoms. The van der Waals surface area contributed by atoms with Gasteiger partial charge in [-0.25, -0.2) is 4.79 Å². The van der Waals surface area contributed by atoms with Gasteiger partial charge in [0.2, 0.25) is 5.91 Å². The molecule has 8 nitrogen and oxygen atoms in total. The number of fused-ring (bicyclic) bond motifs is 2. The first-order chi connectivity index (χ1) is 14.1. The Morgan fingerprint density at radius 3 is 2.69 bits per heavy atom. The Hall–Kier alpha value is -2.45. The summed E-state index contributed by atoms with van der Waals surface area (Å²) in [7, 11) is 0. The Balaban J connectivity index is 1.30. The van der Waals surface area contributed by atoms with Gasteiger partial charge in [0.25, 0.3) is 0 Å². The highest BCUT2D eigenvalue weighted by Crippen LogP contribution is 2.30. The summed E-state index contributed by atoms with van der Waals surface area (Å²) in [4.78, 5) is 32.6. The molecule has 0 unspecified atom stereocenters. The van der Waals surface area contributed by atoms with Gasteiger partial charge in [0.15, 0.2) is 0 Å². The van der Waals surface area contributed by atoms with Crippen molar-refractivity contribution >= 4 is 17.8 Å². The fraction of sp³-hybridized carbons (Fsp3) is 0.571. The van der Waals surface area contributed by atoms with Crippen LogP contribution in [0.4, 0.5) is 4.79 Å². The van der Waals surface area contributed by atoms with E-state index in [4.69, 9.17) is 15.0 Å². The molecular weight excluding hydrogens is 372 g/mol. The van der Waals surface area contributed by atoms with Crippen molar-refractivity contribution in [2.24, 2.45) is 5.92 Å². The zero-order valence-electron chi connectivity index (χ0n) is 16.5. The lowest BCUT2D eigenvalue weighted by molar-refractivity contribution is -0.140.